The minimum atomic E-state index is -1.03. The first-order chi connectivity index (χ1) is 14.4. The topological polar surface area (TPSA) is 63.6 Å². The molecule has 0 spiro atoms. The fourth-order valence-corrected chi connectivity index (χ4v) is 4.29. The SMILES string of the molecule is CCCCCC(CCC)CC(CC)(CCCCC)OC(=O)c1cccc(C(=O)O)c1. The van der Waals surface area contributed by atoms with Crippen molar-refractivity contribution >= 4 is 11.9 Å². The molecule has 0 fully saturated rings. The number of esters is 1. The van der Waals surface area contributed by atoms with E-state index in [9.17, 15) is 14.7 Å². The van der Waals surface area contributed by atoms with Crippen molar-refractivity contribution in [2.75, 3.05) is 0 Å². The van der Waals surface area contributed by atoms with Crippen LogP contribution in [-0.4, -0.2) is 22.6 Å². The maximum Gasteiger partial charge on any atom is 0.338 e. The summed E-state index contributed by atoms with van der Waals surface area (Å²) < 4.78 is 6.21. The van der Waals surface area contributed by atoms with Gasteiger partial charge in [0.25, 0.3) is 0 Å². The number of ether oxygens (including phenoxy) is 1. The highest BCUT2D eigenvalue weighted by molar-refractivity contribution is 5.94. The Labute approximate surface area is 183 Å². The van der Waals surface area contributed by atoms with Crippen LogP contribution >= 0.6 is 0 Å². The summed E-state index contributed by atoms with van der Waals surface area (Å²) >= 11 is 0. The van der Waals surface area contributed by atoms with Gasteiger partial charge in [0.15, 0.2) is 0 Å². The molecule has 0 amide bonds. The van der Waals surface area contributed by atoms with E-state index < -0.39 is 17.5 Å². The summed E-state index contributed by atoms with van der Waals surface area (Å²) in [5, 5.41) is 9.24. The van der Waals surface area contributed by atoms with E-state index in [4.69, 9.17) is 4.74 Å². The van der Waals surface area contributed by atoms with E-state index in [0.29, 0.717) is 11.5 Å². The third-order valence-electron chi connectivity index (χ3n) is 6.11. The molecule has 0 aliphatic carbocycles. The molecular formula is C26H42O4. The average Bonchev–Trinajstić information content (AvgIpc) is 2.74. The lowest BCUT2D eigenvalue weighted by molar-refractivity contribution is -0.0405. The van der Waals surface area contributed by atoms with E-state index >= 15 is 0 Å². The lowest BCUT2D eigenvalue weighted by Gasteiger charge is -2.36. The molecule has 0 aromatic heterocycles. The second kappa shape index (κ2) is 14.2. The lowest BCUT2D eigenvalue weighted by Crippen LogP contribution is -2.37. The predicted octanol–water partition coefficient (Wildman–Crippen LogP) is 7.66. The van der Waals surface area contributed by atoms with Crippen LogP contribution in [0.3, 0.4) is 0 Å². The molecule has 0 radical (unpaired) electrons. The number of hydrogen-bond donors (Lipinski definition) is 1. The zero-order valence-electron chi connectivity index (χ0n) is 19.5. The Morgan fingerprint density at radius 1 is 0.933 bits per heavy atom. The van der Waals surface area contributed by atoms with Crippen LogP contribution in [0, 0.1) is 5.92 Å². The Morgan fingerprint density at radius 2 is 1.60 bits per heavy atom. The number of hydrogen-bond acceptors (Lipinski definition) is 3. The molecule has 2 atom stereocenters. The quantitative estimate of drug-likeness (QED) is 0.221. The largest absolute Gasteiger partial charge is 0.478 e. The summed E-state index contributed by atoms with van der Waals surface area (Å²) in [5.74, 6) is -0.880. The van der Waals surface area contributed by atoms with Gasteiger partial charge in [-0.2, -0.15) is 0 Å². The smallest absolute Gasteiger partial charge is 0.338 e. The van der Waals surface area contributed by atoms with E-state index in [-0.39, 0.29) is 5.56 Å². The van der Waals surface area contributed by atoms with E-state index in [1.165, 1.54) is 37.8 Å². The number of rotatable bonds is 16. The van der Waals surface area contributed by atoms with E-state index in [2.05, 4.69) is 27.7 Å². The third kappa shape index (κ3) is 8.89. The first kappa shape index (κ1) is 26.2. The number of carboxylic acid groups (broad SMARTS) is 1. The van der Waals surface area contributed by atoms with Crippen molar-refractivity contribution in [3.8, 4) is 0 Å². The van der Waals surface area contributed by atoms with E-state index in [1.807, 2.05) is 0 Å². The van der Waals surface area contributed by atoms with Gasteiger partial charge in [0.2, 0.25) is 0 Å². The van der Waals surface area contributed by atoms with Crippen LogP contribution in [0.5, 0.6) is 0 Å². The molecule has 0 saturated heterocycles. The van der Waals surface area contributed by atoms with E-state index in [1.54, 1.807) is 12.1 Å². The number of unbranched alkanes of at least 4 members (excludes halogenated alkanes) is 4. The zero-order valence-corrected chi connectivity index (χ0v) is 19.5. The number of aromatic carboxylic acids is 1. The van der Waals surface area contributed by atoms with Gasteiger partial charge < -0.3 is 9.84 Å². The van der Waals surface area contributed by atoms with Crippen LogP contribution in [0.25, 0.3) is 0 Å². The van der Waals surface area contributed by atoms with Crippen LogP contribution in [0.15, 0.2) is 24.3 Å². The summed E-state index contributed by atoms with van der Waals surface area (Å²) in [6.45, 7) is 8.74. The number of carbonyl (C=O) groups is 2. The van der Waals surface area contributed by atoms with Crippen LogP contribution in [0.2, 0.25) is 0 Å². The summed E-state index contributed by atoms with van der Waals surface area (Å²) in [6.07, 6.45) is 13.0. The molecular weight excluding hydrogens is 376 g/mol. The van der Waals surface area contributed by atoms with Gasteiger partial charge in [0.05, 0.1) is 11.1 Å². The summed E-state index contributed by atoms with van der Waals surface area (Å²) in [5.41, 5.74) is -0.0421. The third-order valence-corrected chi connectivity index (χ3v) is 6.11. The van der Waals surface area contributed by atoms with Crippen LogP contribution in [0.4, 0.5) is 0 Å². The Morgan fingerprint density at radius 3 is 2.20 bits per heavy atom. The first-order valence-electron chi connectivity index (χ1n) is 12.0. The molecule has 0 heterocycles. The number of carbonyl (C=O) groups excluding carboxylic acids is 1. The van der Waals surface area contributed by atoms with Gasteiger partial charge in [-0.1, -0.05) is 85.1 Å². The molecule has 2 unspecified atom stereocenters. The van der Waals surface area contributed by atoms with Gasteiger partial charge in [0.1, 0.15) is 5.60 Å². The number of benzene rings is 1. The average molecular weight is 419 g/mol. The van der Waals surface area contributed by atoms with E-state index in [0.717, 1.165) is 51.4 Å². The molecule has 0 saturated carbocycles. The predicted molar refractivity (Wildman–Crippen MR) is 123 cm³/mol. The molecule has 4 nitrogen and oxygen atoms in total. The minimum Gasteiger partial charge on any atom is -0.478 e. The van der Waals surface area contributed by atoms with Gasteiger partial charge in [-0.05, 0) is 49.8 Å². The van der Waals surface area contributed by atoms with Crippen molar-refractivity contribution in [3.05, 3.63) is 35.4 Å². The summed E-state index contributed by atoms with van der Waals surface area (Å²) in [6, 6.07) is 6.17. The minimum absolute atomic E-state index is 0.112. The Balaban J connectivity index is 3.04. The molecule has 1 rings (SSSR count). The summed E-state index contributed by atoms with van der Waals surface area (Å²) in [7, 11) is 0. The number of carboxylic acids is 1. The van der Waals surface area contributed by atoms with Crippen molar-refractivity contribution < 1.29 is 19.4 Å². The van der Waals surface area contributed by atoms with Gasteiger partial charge >= 0.3 is 11.9 Å². The molecule has 1 aromatic carbocycles. The molecule has 1 aromatic rings. The maximum absolute atomic E-state index is 13.0. The molecule has 0 aliphatic heterocycles. The van der Waals surface area contributed by atoms with Gasteiger partial charge in [-0.3, -0.25) is 0 Å². The van der Waals surface area contributed by atoms with Gasteiger partial charge in [0, 0.05) is 0 Å². The molecule has 4 heteroatoms. The van der Waals surface area contributed by atoms with Crippen LogP contribution in [-0.2, 0) is 4.74 Å². The van der Waals surface area contributed by atoms with Crippen LogP contribution in [0.1, 0.15) is 125 Å². The zero-order chi connectivity index (χ0) is 22.4. The molecule has 170 valence electrons. The molecule has 0 bridgehead atoms. The normalized spacial score (nSPS) is 14.1. The summed E-state index contributed by atoms with van der Waals surface area (Å²) in [4.78, 5) is 24.3. The first-order valence-corrected chi connectivity index (χ1v) is 12.0. The fraction of sp³-hybridized carbons (Fsp3) is 0.692. The van der Waals surface area contributed by atoms with Crippen molar-refractivity contribution in [1.82, 2.24) is 0 Å². The highest BCUT2D eigenvalue weighted by atomic mass is 16.6. The molecule has 30 heavy (non-hydrogen) atoms. The van der Waals surface area contributed by atoms with Crippen molar-refractivity contribution in [2.45, 2.75) is 110 Å². The van der Waals surface area contributed by atoms with Crippen molar-refractivity contribution in [3.63, 3.8) is 0 Å². The van der Waals surface area contributed by atoms with Gasteiger partial charge in [-0.25, -0.2) is 9.59 Å². The fourth-order valence-electron chi connectivity index (χ4n) is 4.29. The Kier molecular flexibility index (Phi) is 12.4. The lowest BCUT2D eigenvalue weighted by atomic mass is 9.80. The molecule has 0 aliphatic rings. The second-order valence-corrected chi connectivity index (χ2v) is 8.62. The van der Waals surface area contributed by atoms with Crippen LogP contribution < -0.4 is 0 Å². The highest BCUT2D eigenvalue weighted by Gasteiger charge is 2.35. The Bertz CT molecular complexity index is 640. The van der Waals surface area contributed by atoms with Gasteiger partial charge in [-0.15, -0.1) is 0 Å². The Hall–Kier alpha value is -1.84. The highest BCUT2D eigenvalue weighted by Crippen LogP contribution is 2.36. The monoisotopic (exact) mass is 418 g/mol. The van der Waals surface area contributed by atoms with Crippen molar-refractivity contribution in [1.29, 1.82) is 0 Å². The second-order valence-electron chi connectivity index (χ2n) is 8.62. The van der Waals surface area contributed by atoms with Crippen molar-refractivity contribution in [2.24, 2.45) is 5.92 Å². The molecule has 1 N–H and O–H groups in total. The maximum atomic E-state index is 13.0. The standard InChI is InChI=1S/C26H42O4/c1-5-9-11-15-21(14-7-3)20-26(8-4,18-12-10-6-2)30-25(29)23-17-13-16-22(19-23)24(27)28/h13,16-17,19,21H,5-12,14-15,18,20H2,1-4H3,(H,27,28).